The molecule has 2 heterocycles. The lowest BCUT2D eigenvalue weighted by atomic mass is 9.60. The first kappa shape index (κ1) is 20.4. The number of rotatable bonds is 2. The second kappa shape index (κ2) is 7.80. The van der Waals surface area contributed by atoms with Crippen molar-refractivity contribution in [1.82, 2.24) is 9.88 Å². The van der Waals surface area contributed by atoms with Crippen LogP contribution in [0.25, 0.3) is 10.8 Å². The van der Waals surface area contributed by atoms with Crippen molar-refractivity contribution < 1.29 is 0 Å². The van der Waals surface area contributed by atoms with Gasteiger partial charge in [-0.05, 0) is 129 Å². The molecule has 3 fully saturated rings. The van der Waals surface area contributed by atoms with Gasteiger partial charge in [-0.3, -0.25) is 4.98 Å². The standard InChI is InChI=1S/C31H38N2/c1-31-13-11-24-17-22-5-7-27(33-15-2-16-33)19-23(22)6-8-28(24)30(31)10-9-29(31)25-4-3-21-12-14-32-20-26(21)18-25/h3-4,11-12,14,17-18,20,23,27-30H,2,5-10,13,15-16,19H2,1H3. The van der Waals surface area contributed by atoms with Gasteiger partial charge in [0.25, 0.3) is 0 Å². The van der Waals surface area contributed by atoms with Gasteiger partial charge in [0.15, 0.2) is 0 Å². The van der Waals surface area contributed by atoms with Crippen LogP contribution in [0.15, 0.2) is 60.0 Å². The Morgan fingerprint density at radius 1 is 1.00 bits per heavy atom. The van der Waals surface area contributed by atoms with Crippen molar-refractivity contribution in [3.05, 3.63) is 65.5 Å². The first-order valence-corrected chi connectivity index (χ1v) is 13.7. The molecule has 0 amide bonds. The van der Waals surface area contributed by atoms with Crippen molar-refractivity contribution in [1.29, 1.82) is 0 Å². The average Bonchev–Trinajstić information content (AvgIpc) is 3.04. The quantitative estimate of drug-likeness (QED) is 0.490. The molecule has 0 spiro atoms. The topological polar surface area (TPSA) is 16.1 Å². The Kier molecular flexibility index (Phi) is 4.83. The molecule has 4 aliphatic carbocycles. The third-order valence-corrected chi connectivity index (χ3v) is 10.6. The van der Waals surface area contributed by atoms with E-state index in [4.69, 9.17) is 0 Å². The Labute approximate surface area is 199 Å². The van der Waals surface area contributed by atoms with E-state index in [0.717, 1.165) is 23.8 Å². The number of likely N-dealkylation sites (tertiary alicyclic amines) is 1. The molecule has 2 aromatic rings. The molecule has 1 saturated heterocycles. The number of aromatic nitrogens is 1. The zero-order chi connectivity index (χ0) is 22.0. The third kappa shape index (κ3) is 3.27. The summed E-state index contributed by atoms with van der Waals surface area (Å²) in [5, 5.41) is 2.61. The highest BCUT2D eigenvalue weighted by atomic mass is 15.2. The summed E-state index contributed by atoms with van der Waals surface area (Å²) >= 11 is 0. The molecule has 2 nitrogen and oxygen atoms in total. The Balaban J connectivity index is 1.15. The van der Waals surface area contributed by atoms with Crippen LogP contribution in [0.3, 0.4) is 0 Å². The van der Waals surface area contributed by atoms with Crippen LogP contribution in [0.5, 0.6) is 0 Å². The Bertz CT molecular complexity index is 1120. The molecule has 1 aliphatic heterocycles. The van der Waals surface area contributed by atoms with Crippen LogP contribution in [0.2, 0.25) is 0 Å². The van der Waals surface area contributed by atoms with Gasteiger partial charge < -0.3 is 4.90 Å². The largest absolute Gasteiger partial charge is 0.300 e. The third-order valence-electron chi connectivity index (χ3n) is 10.6. The first-order chi connectivity index (χ1) is 16.2. The molecule has 0 radical (unpaired) electrons. The molecule has 6 atom stereocenters. The second-order valence-electron chi connectivity index (χ2n) is 12.1. The highest BCUT2D eigenvalue weighted by molar-refractivity contribution is 5.82. The summed E-state index contributed by atoms with van der Waals surface area (Å²) in [5.41, 5.74) is 5.48. The van der Waals surface area contributed by atoms with E-state index in [1.54, 1.807) is 16.7 Å². The normalized spacial score (nSPS) is 38.4. The molecule has 7 rings (SSSR count). The highest BCUT2D eigenvalue weighted by Gasteiger charge is 2.52. The van der Waals surface area contributed by atoms with Gasteiger partial charge in [0.2, 0.25) is 0 Å². The molecule has 5 aliphatic rings. The van der Waals surface area contributed by atoms with Gasteiger partial charge in [0.1, 0.15) is 0 Å². The lowest BCUT2D eigenvalue weighted by Gasteiger charge is -2.44. The van der Waals surface area contributed by atoms with E-state index in [1.165, 1.54) is 81.6 Å². The zero-order valence-electron chi connectivity index (χ0n) is 20.2. The molecule has 6 unspecified atom stereocenters. The Hall–Kier alpha value is -1.93. The monoisotopic (exact) mass is 438 g/mol. The maximum atomic E-state index is 4.39. The van der Waals surface area contributed by atoms with Crippen LogP contribution < -0.4 is 0 Å². The second-order valence-corrected chi connectivity index (χ2v) is 12.1. The smallest absolute Gasteiger partial charge is 0.0346 e. The summed E-state index contributed by atoms with van der Waals surface area (Å²) in [5.74, 6) is 3.16. The fourth-order valence-corrected chi connectivity index (χ4v) is 8.60. The van der Waals surface area contributed by atoms with E-state index in [1.807, 2.05) is 12.4 Å². The van der Waals surface area contributed by atoms with Crippen molar-refractivity contribution in [2.24, 2.45) is 23.2 Å². The lowest BCUT2D eigenvalue weighted by molar-refractivity contribution is 0.0834. The number of benzene rings is 1. The highest BCUT2D eigenvalue weighted by Crippen LogP contribution is 2.62. The summed E-state index contributed by atoms with van der Waals surface area (Å²) in [6.45, 7) is 5.34. The maximum Gasteiger partial charge on any atom is 0.0346 e. The molecule has 2 saturated carbocycles. The van der Waals surface area contributed by atoms with Crippen molar-refractivity contribution in [3.8, 4) is 0 Å². The number of pyridine rings is 1. The number of hydrogen-bond donors (Lipinski definition) is 0. The average molecular weight is 439 g/mol. The fourth-order valence-electron chi connectivity index (χ4n) is 8.60. The van der Waals surface area contributed by atoms with Crippen molar-refractivity contribution in [2.45, 2.75) is 76.7 Å². The minimum atomic E-state index is 0.401. The predicted octanol–water partition coefficient (Wildman–Crippen LogP) is 7.28. The Morgan fingerprint density at radius 3 is 2.82 bits per heavy atom. The number of fused-ring (bicyclic) bond motifs is 5. The molecular weight excluding hydrogens is 400 g/mol. The number of hydrogen-bond acceptors (Lipinski definition) is 2. The molecular formula is C31H38N2. The maximum absolute atomic E-state index is 4.39. The van der Waals surface area contributed by atoms with Crippen LogP contribution in [0.4, 0.5) is 0 Å². The van der Waals surface area contributed by atoms with E-state index in [9.17, 15) is 0 Å². The molecule has 172 valence electrons. The molecule has 0 N–H and O–H groups in total. The number of nitrogens with zero attached hydrogens (tertiary/aromatic N) is 2. The summed E-state index contributed by atoms with van der Waals surface area (Å²) in [6, 6.07) is 10.2. The van der Waals surface area contributed by atoms with Crippen LogP contribution in [-0.4, -0.2) is 29.0 Å². The van der Waals surface area contributed by atoms with Crippen molar-refractivity contribution >= 4 is 10.8 Å². The van der Waals surface area contributed by atoms with Gasteiger partial charge in [0, 0.05) is 23.8 Å². The molecule has 1 aromatic carbocycles. The SMILES string of the molecule is CC12CC=C3C=C4CCC(N5CCC5)CC4CCC3C1CCC2c1ccc2ccncc2c1. The van der Waals surface area contributed by atoms with Crippen LogP contribution in [0.1, 0.15) is 76.2 Å². The lowest BCUT2D eigenvalue weighted by Crippen LogP contribution is -2.47. The van der Waals surface area contributed by atoms with E-state index in [2.05, 4.69) is 53.2 Å². The van der Waals surface area contributed by atoms with Gasteiger partial charge in [-0.25, -0.2) is 0 Å². The Morgan fingerprint density at radius 2 is 1.94 bits per heavy atom. The summed E-state index contributed by atoms with van der Waals surface area (Å²) in [6.07, 6.45) is 21.8. The van der Waals surface area contributed by atoms with Gasteiger partial charge in [-0.2, -0.15) is 0 Å². The van der Waals surface area contributed by atoms with E-state index >= 15 is 0 Å². The van der Waals surface area contributed by atoms with Crippen molar-refractivity contribution in [3.63, 3.8) is 0 Å². The zero-order valence-corrected chi connectivity index (χ0v) is 20.2. The fraction of sp³-hybridized carbons (Fsp3) is 0.581. The molecule has 33 heavy (non-hydrogen) atoms. The number of allylic oxidation sites excluding steroid dienone is 4. The predicted molar refractivity (Wildman–Crippen MR) is 136 cm³/mol. The van der Waals surface area contributed by atoms with Crippen LogP contribution in [-0.2, 0) is 0 Å². The minimum absolute atomic E-state index is 0.401. The first-order valence-electron chi connectivity index (χ1n) is 13.7. The van der Waals surface area contributed by atoms with Crippen LogP contribution >= 0.6 is 0 Å². The molecule has 1 aromatic heterocycles. The molecule has 2 heteroatoms. The van der Waals surface area contributed by atoms with E-state index < -0.39 is 0 Å². The summed E-state index contributed by atoms with van der Waals surface area (Å²) in [4.78, 5) is 7.15. The van der Waals surface area contributed by atoms with Crippen LogP contribution in [0, 0.1) is 23.2 Å². The van der Waals surface area contributed by atoms with E-state index in [-0.39, 0.29) is 0 Å². The molecule has 0 bridgehead atoms. The van der Waals surface area contributed by atoms with Crippen molar-refractivity contribution in [2.75, 3.05) is 13.1 Å². The van der Waals surface area contributed by atoms with E-state index in [0.29, 0.717) is 11.3 Å². The van der Waals surface area contributed by atoms with Gasteiger partial charge in [0.05, 0.1) is 0 Å². The van der Waals surface area contributed by atoms with Gasteiger partial charge in [-0.15, -0.1) is 0 Å². The van der Waals surface area contributed by atoms with Gasteiger partial charge >= 0.3 is 0 Å². The summed E-state index contributed by atoms with van der Waals surface area (Å²) in [7, 11) is 0. The van der Waals surface area contributed by atoms with Gasteiger partial charge in [-0.1, -0.05) is 36.8 Å². The summed E-state index contributed by atoms with van der Waals surface area (Å²) < 4.78 is 0. The minimum Gasteiger partial charge on any atom is -0.300 e.